The molecule has 2 aromatic carbocycles. The predicted molar refractivity (Wildman–Crippen MR) is 110 cm³/mol. The van der Waals surface area contributed by atoms with Crippen LogP contribution in [0.2, 0.25) is 0 Å². The number of benzene rings is 2. The molecule has 136 valence electrons. The second kappa shape index (κ2) is 8.88. The lowest BCUT2D eigenvalue weighted by molar-refractivity contribution is 0.0606. The molecule has 0 unspecified atom stereocenters. The van der Waals surface area contributed by atoms with E-state index in [4.69, 9.17) is 0 Å². The summed E-state index contributed by atoms with van der Waals surface area (Å²) in [4.78, 5) is 22.2. The Labute approximate surface area is 171 Å². The maximum absolute atomic E-state index is 12.8. The van der Waals surface area contributed by atoms with Gasteiger partial charge in [0.25, 0.3) is 0 Å². The summed E-state index contributed by atoms with van der Waals surface area (Å²) in [5.41, 5.74) is 2.04. The van der Waals surface area contributed by atoms with Gasteiger partial charge in [-0.2, -0.15) is 0 Å². The zero-order chi connectivity index (χ0) is 19.4. The van der Waals surface area contributed by atoms with Crippen molar-refractivity contribution in [1.82, 2.24) is 0 Å². The first-order valence-corrected chi connectivity index (χ1v) is 9.86. The summed E-state index contributed by atoms with van der Waals surface area (Å²) >= 11 is 8.12. The molecular weight excluding hydrogens is 487 g/mol. The van der Waals surface area contributed by atoms with Gasteiger partial charge < -0.3 is 4.74 Å². The molecule has 0 aliphatic carbocycles. The predicted octanol–water partition coefficient (Wildman–Crippen LogP) is 6.47. The maximum Gasteiger partial charge on any atom is 0.348 e. The largest absolute Gasteiger partial charge is 0.465 e. The van der Waals surface area contributed by atoms with E-state index >= 15 is 0 Å². The summed E-state index contributed by atoms with van der Waals surface area (Å²) in [7, 11) is 1.40. The molecule has 0 spiro atoms. The van der Waals surface area contributed by atoms with E-state index in [1.165, 1.54) is 36.1 Å². The number of esters is 1. The van der Waals surface area contributed by atoms with Crippen LogP contribution in [0.25, 0.3) is 10.1 Å². The van der Waals surface area contributed by atoms with Gasteiger partial charge in [-0.25, -0.2) is 9.18 Å². The molecule has 0 fully saturated rings. The molecule has 3 nitrogen and oxygen atoms in total. The summed E-state index contributed by atoms with van der Waals surface area (Å²) in [6.45, 7) is 3.79. The van der Waals surface area contributed by atoms with Gasteiger partial charge in [-0.05, 0) is 60.7 Å². The third kappa shape index (κ3) is 4.78. The lowest BCUT2D eigenvalue weighted by atomic mass is 10.1. The van der Waals surface area contributed by atoms with Crippen molar-refractivity contribution in [3.63, 3.8) is 0 Å². The lowest BCUT2D eigenvalue weighted by Crippen LogP contribution is -1.96. The van der Waals surface area contributed by atoms with E-state index in [1.54, 1.807) is 6.92 Å². The number of aldehydes is 1. The van der Waals surface area contributed by atoms with Gasteiger partial charge in [-0.3, -0.25) is 4.79 Å². The van der Waals surface area contributed by atoms with E-state index in [0.717, 1.165) is 24.6 Å². The maximum atomic E-state index is 12.8. The van der Waals surface area contributed by atoms with Crippen LogP contribution in [0.4, 0.5) is 4.39 Å². The molecule has 26 heavy (non-hydrogen) atoms. The minimum atomic E-state index is -0.472. The number of halogens is 3. The number of ether oxygens (including phenoxy) is 1. The molecule has 0 radical (unpaired) electrons. The molecule has 0 aliphatic rings. The van der Waals surface area contributed by atoms with E-state index < -0.39 is 5.82 Å². The van der Waals surface area contributed by atoms with E-state index in [9.17, 15) is 14.0 Å². The first-order valence-electron chi connectivity index (χ1n) is 7.45. The number of carbonyl (C=O) groups excluding carboxylic acids is 2. The van der Waals surface area contributed by atoms with Gasteiger partial charge in [0.1, 0.15) is 10.7 Å². The van der Waals surface area contributed by atoms with Gasteiger partial charge in [-0.1, -0.05) is 31.9 Å². The van der Waals surface area contributed by atoms with E-state index in [0.29, 0.717) is 11.2 Å². The van der Waals surface area contributed by atoms with Crippen molar-refractivity contribution in [2.24, 2.45) is 0 Å². The number of carbonyl (C=O) groups is 2. The molecule has 1 aromatic heterocycles. The topological polar surface area (TPSA) is 43.4 Å². The van der Waals surface area contributed by atoms with Gasteiger partial charge >= 0.3 is 5.97 Å². The summed E-state index contributed by atoms with van der Waals surface area (Å²) in [5.74, 6) is -0.745. The highest BCUT2D eigenvalue weighted by Crippen LogP contribution is 2.30. The van der Waals surface area contributed by atoms with Crippen LogP contribution in [0.1, 0.15) is 31.2 Å². The Morgan fingerprint density at radius 3 is 2.31 bits per heavy atom. The first-order chi connectivity index (χ1) is 12.3. The minimum absolute atomic E-state index is 0.0856. The van der Waals surface area contributed by atoms with Gasteiger partial charge in [-0.15, -0.1) is 11.3 Å². The molecule has 0 aliphatic heterocycles. The molecule has 3 aromatic rings. The number of hydrogen-bond acceptors (Lipinski definition) is 4. The summed E-state index contributed by atoms with van der Waals surface area (Å²) in [6.07, 6.45) is 0.500. The Morgan fingerprint density at radius 1 is 1.08 bits per heavy atom. The number of fused-ring (bicyclic) bond motifs is 1. The lowest BCUT2D eigenvalue weighted by Gasteiger charge is -1.99. The summed E-state index contributed by atoms with van der Waals surface area (Å²) in [5, 5.41) is 1.07. The van der Waals surface area contributed by atoms with Crippen LogP contribution in [-0.4, -0.2) is 19.4 Å². The number of hydrogen-bond donors (Lipinski definition) is 0. The Kier molecular flexibility index (Phi) is 7.08. The molecule has 7 heteroatoms. The fraction of sp³-hybridized carbons (Fsp3) is 0.158. The summed E-state index contributed by atoms with van der Waals surface area (Å²) in [6, 6.07) is 8.74. The van der Waals surface area contributed by atoms with Crippen molar-refractivity contribution >= 4 is 65.5 Å². The molecule has 3 rings (SSSR count). The van der Waals surface area contributed by atoms with Crippen LogP contribution < -0.4 is 0 Å². The Morgan fingerprint density at radius 2 is 1.69 bits per heavy atom. The van der Waals surface area contributed by atoms with Crippen LogP contribution in [0.15, 0.2) is 39.3 Å². The van der Waals surface area contributed by atoms with Crippen molar-refractivity contribution in [1.29, 1.82) is 0 Å². The zero-order valence-electron chi connectivity index (χ0n) is 14.2. The molecular formula is C19H15Br2FO3S. The quantitative estimate of drug-likeness (QED) is 0.298. The minimum Gasteiger partial charge on any atom is -0.465 e. The van der Waals surface area contributed by atoms with Crippen molar-refractivity contribution < 1.29 is 18.7 Å². The van der Waals surface area contributed by atoms with Crippen molar-refractivity contribution in [2.45, 2.75) is 13.8 Å². The Hall–Kier alpha value is -1.57. The van der Waals surface area contributed by atoms with Crippen molar-refractivity contribution in [3.8, 4) is 0 Å². The highest BCUT2D eigenvalue weighted by atomic mass is 79.9. The number of methoxy groups -OCH3 is 1. The first kappa shape index (κ1) is 20.7. The third-order valence-electron chi connectivity index (χ3n) is 3.59. The van der Waals surface area contributed by atoms with E-state index in [2.05, 4.69) is 42.7 Å². The van der Waals surface area contributed by atoms with Crippen LogP contribution in [0, 0.1) is 19.7 Å². The molecule has 0 bridgehead atoms. The number of aryl methyl sites for hydroxylation is 2. The van der Waals surface area contributed by atoms with Crippen LogP contribution in [0.3, 0.4) is 0 Å². The second-order valence-electron chi connectivity index (χ2n) is 5.48. The van der Waals surface area contributed by atoms with E-state index in [-0.39, 0.29) is 11.5 Å². The fourth-order valence-electron chi connectivity index (χ4n) is 2.11. The molecule has 1 heterocycles. The van der Waals surface area contributed by atoms with Gasteiger partial charge in [0.2, 0.25) is 0 Å². The molecule has 0 saturated carbocycles. The third-order valence-corrected chi connectivity index (χ3v) is 6.38. The smallest absolute Gasteiger partial charge is 0.348 e. The fourth-order valence-corrected chi connectivity index (χ4v) is 3.90. The summed E-state index contributed by atoms with van der Waals surface area (Å²) < 4.78 is 20.4. The average molecular weight is 502 g/mol. The Balaban J connectivity index is 0.000000197. The normalized spacial score (nSPS) is 10.2. The van der Waals surface area contributed by atoms with Crippen LogP contribution in [0.5, 0.6) is 0 Å². The molecule has 0 saturated heterocycles. The van der Waals surface area contributed by atoms with Crippen LogP contribution in [-0.2, 0) is 4.74 Å². The Bertz CT molecular complexity index is 944. The highest BCUT2D eigenvalue weighted by molar-refractivity contribution is 9.10. The number of rotatable bonds is 2. The van der Waals surface area contributed by atoms with Gasteiger partial charge in [0, 0.05) is 13.6 Å². The SMILES string of the molecule is COC(=O)c1cc2cc(Br)c(C)cc2s1.Cc1cc(F)c(C=O)cc1Br. The monoisotopic (exact) mass is 500 g/mol. The van der Waals surface area contributed by atoms with E-state index in [1.807, 2.05) is 19.1 Å². The molecule has 0 N–H and O–H groups in total. The zero-order valence-corrected chi connectivity index (χ0v) is 18.2. The van der Waals surface area contributed by atoms with Gasteiger partial charge in [0.15, 0.2) is 6.29 Å². The molecule has 0 atom stereocenters. The van der Waals surface area contributed by atoms with Crippen molar-refractivity contribution in [2.75, 3.05) is 7.11 Å². The highest BCUT2D eigenvalue weighted by Gasteiger charge is 2.11. The van der Waals surface area contributed by atoms with Crippen LogP contribution >= 0.6 is 43.2 Å². The molecule has 0 amide bonds. The number of thiophene rings is 1. The average Bonchev–Trinajstić information content (AvgIpc) is 3.01. The van der Waals surface area contributed by atoms with Gasteiger partial charge in [0.05, 0.1) is 12.7 Å². The standard InChI is InChI=1S/C11H9BrO2S.C8H6BrFO/c1-6-3-9-7(4-8(6)12)5-10(15-9)11(13)14-2;1-5-2-8(10)6(4-11)3-7(5)9/h3-5H,1-2H3;2-4H,1H3. The van der Waals surface area contributed by atoms with Crippen molar-refractivity contribution in [3.05, 3.63) is 66.7 Å². The second-order valence-corrected chi connectivity index (χ2v) is 8.27.